The largest absolute Gasteiger partial charge is 0.466 e. The predicted molar refractivity (Wildman–Crippen MR) is 72.9 cm³/mol. The highest BCUT2D eigenvalue weighted by Gasteiger charge is 2.33. The van der Waals surface area contributed by atoms with Crippen LogP contribution in [-0.4, -0.2) is 74.0 Å². The normalized spacial score (nSPS) is 19.4. The standard InChI is InChI=1S/C13H23N3O4/c1-4-7-20-12(18)8-10-13(19)14-5-6-16(10)9-11(17)15(2)3/h10H,4-9H2,1-3H3,(H,14,19). The van der Waals surface area contributed by atoms with Crippen LogP contribution in [0.3, 0.4) is 0 Å². The van der Waals surface area contributed by atoms with Crippen molar-refractivity contribution < 1.29 is 19.1 Å². The quantitative estimate of drug-likeness (QED) is 0.648. The molecular weight excluding hydrogens is 262 g/mol. The van der Waals surface area contributed by atoms with E-state index in [1.165, 1.54) is 4.90 Å². The average molecular weight is 285 g/mol. The molecule has 20 heavy (non-hydrogen) atoms. The second-order valence-corrected chi connectivity index (χ2v) is 4.99. The maximum Gasteiger partial charge on any atom is 0.307 e. The monoisotopic (exact) mass is 285 g/mol. The topological polar surface area (TPSA) is 79.0 Å². The summed E-state index contributed by atoms with van der Waals surface area (Å²) in [6.07, 6.45) is 0.720. The number of ether oxygens (including phenoxy) is 1. The van der Waals surface area contributed by atoms with E-state index in [0.717, 1.165) is 6.42 Å². The number of likely N-dealkylation sites (N-methyl/N-ethyl adjacent to an activating group) is 1. The van der Waals surface area contributed by atoms with Gasteiger partial charge in [0.1, 0.15) is 6.04 Å². The maximum absolute atomic E-state index is 11.9. The first-order valence-corrected chi connectivity index (χ1v) is 6.83. The fourth-order valence-corrected chi connectivity index (χ4v) is 1.92. The van der Waals surface area contributed by atoms with Crippen LogP contribution in [0.5, 0.6) is 0 Å². The lowest BCUT2D eigenvalue weighted by molar-refractivity contribution is -0.149. The van der Waals surface area contributed by atoms with Crippen molar-refractivity contribution in [3.63, 3.8) is 0 Å². The number of amides is 2. The fourth-order valence-electron chi connectivity index (χ4n) is 1.92. The Kier molecular flexibility index (Phi) is 6.44. The SMILES string of the molecule is CCCOC(=O)CC1C(=O)NCCN1CC(=O)N(C)C. The van der Waals surface area contributed by atoms with Gasteiger partial charge in [0.2, 0.25) is 11.8 Å². The van der Waals surface area contributed by atoms with Crippen molar-refractivity contribution in [3.8, 4) is 0 Å². The van der Waals surface area contributed by atoms with Crippen molar-refractivity contribution in [1.82, 2.24) is 15.1 Å². The van der Waals surface area contributed by atoms with E-state index in [1.807, 2.05) is 6.92 Å². The van der Waals surface area contributed by atoms with Crippen LogP contribution in [0.25, 0.3) is 0 Å². The van der Waals surface area contributed by atoms with Crippen LogP contribution in [0.15, 0.2) is 0 Å². The molecule has 1 atom stereocenters. The summed E-state index contributed by atoms with van der Waals surface area (Å²) in [5.41, 5.74) is 0. The molecule has 7 heteroatoms. The van der Waals surface area contributed by atoms with Crippen molar-refractivity contribution in [2.24, 2.45) is 0 Å². The molecule has 1 saturated heterocycles. The Labute approximate surface area is 119 Å². The minimum Gasteiger partial charge on any atom is -0.466 e. The third kappa shape index (κ3) is 4.80. The summed E-state index contributed by atoms with van der Waals surface area (Å²) in [7, 11) is 3.33. The molecule has 1 heterocycles. The summed E-state index contributed by atoms with van der Waals surface area (Å²) in [5, 5.41) is 2.71. The molecule has 0 aliphatic carbocycles. The van der Waals surface area contributed by atoms with E-state index in [9.17, 15) is 14.4 Å². The maximum atomic E-state index is 11.9. The van der Waals surface area contributed by atoms with Crippen LogP contribution >= 0.6 is 0 Å². The van der Waals surface area contributed by atoms with Gasteiger partial charge in [0.15, 0.2) is 0 Å². The van der Waals surface area contributed by atoms with Gasteiger partial charge < -0.3 is 15.0 Å². The summed E-state index contributed by atoms with van der Waals surface area (Å²) < 4.78 is 5.00. The molecule has 0 bridgehead atoms. The zero-order chi connectivity index (χ0) is 15.1. The van der Waals surface area contributed by atoms with Gasteiger partial charge in [0, 0.05) is 27.2 Å². The Morgan fingerprint density at radius 3 is 2.75 bits per heavy atom. The highest BCUT2D eigenvalue weighted by Crippen LogP contribution is 2.10. The molecule has 1 fully saturated rings. The Morgan fingerprint density at radius 1 is 1.45 bits per heavy atom. The molecular formula is C13H23N3O4. The number of rotatable bonds is 6. The van der Waals surface area contributed by atoms with Gasteiger partial charge in [-0.25, -0.2) is 0 Å². The van der Waals surface area contributed by atoms with Gasteiger partial charge in [0.05, 0.1) is 19.6 Å². The zero-order valence-corrected chi connectivity index (χ0v) is 12.3. The van der Waals surface area contributed by atoms with Crippen LogP contribution < -0.4 is 5.32 Å². The second kappa shape index (κ2) is 7.84. The average Bonchev–Trinajstić information content (AvgIpc) is 2.40. The van der Waals surface area contributed by atoms with Crippen LogP contribution in [0, 0.1) is 0 Å². The molecule has 0 saturated carbocycles. The first kappa shape index (κ1) is 16.4. The van der Waals surface area contributed by atoms with Crippen molar-refractivity contribution in [3.05, 3.63) is 0 Å². The Balaban J connectivity index is 2.63. The summed E-state index contributed by atoms with van der Waals surface area (Å²) in [5.74, 6) is -0.723. The fraction of sp³-hybridized carbons (Fsp3) is 0.769. The number of esters is 1. The van der Waals surface area contributed by atoms with E-state index in [4.69, 9.17) is 4.74 Å². The molecule has 1 N–H and O–H groups in total. The van der Waals surface area contributed by atoms with Gasteiger partial charge in [-0.3, -0.25) is 19.3 Å². The third-order valence-corrected chi connectivity index (χ3v) is 3.11. The number of hydrogen-bond donors (Lipinski definition) is 1. The first-order chi connectivity index (χ1) is 9.45. The number of carbonyl (C=O) groups excluding carboxylic acids is 3. The number of carbonyl (C=O) groups is 3. The van der Waals surface area contributed by atoms with Crippen molar-refractivity contribution in [2.75, 3.05) is 40.3 Å². The lowest BCUT2D eigenvalue weighted by Crippen LogP contribution is -2.57. The summed E-state index contributed by atoms with van der Waals surface area (Å²) in [4.78, 5) is 38.5. The van der Waals surface area contributed by atoms with Gasteiger partial charge in [-0.05, 0) is 6.42 Å². The number of nitrogens with zero attached hydrogens (tertiary/aromatic N) is 2. The van der Waals surface area contributed by atoms with Crippen molar-refractivity contribution in [1.29, 1.82) is 0 Å². The zero-order valence-electron chi connectivity index (χ0n) is 12.3. The van der Waals surface area contributed by atoms with Crippen LogP contribution in [0.2, 0.25) is 0 Å². The highest BCUT2D eigenvalue weighted by atomic mass is 16.5. The molecule has 0 aromatic rings. The van der Waals surface area contributed by atoms with Gasteiger partial charge in [-0.15, -0.1) is 0 Å². The highest BCUT2D eigenvalue weighted by molar-refractivity contribution is 5.88. The molecule has 2 amide bonds. The molecule has 0 spiro atoms. The minimum atomic E-state index is -0.628. The summed E-state index contributed by atoms with van der Waals surface area (Å²) >= 11 is 0. The molecule has 114 valence electrons. The van der Waals surface area contributed by atoms with E-state index in [1.54, 1.807) is 19.0 Å². The van der Waals surface area contributed by atoms with E-state index in [0.29, 0.717) is 19.7 Å². The Morgan fingerprint density at radius 2 is 2.15 bits per heavy atom. The minimum absolute atomic E-state index is 0.0213. The van der Waals surface area contributed by atoms with Gasteiger partial charge >= 0.3 is 5.97 Å². The molecule has 7 nitrogen and oxygen atoms in total. The van der Waals surface area contributed by atoms with Gasteiger partial charge in [0.25, 0.3) is 0 Å². The van der Waals surface area contributed by atoms with Crippen LogP contribution in [0.1, 0.15) is 19.8 Å². The molecule has 0 aromatic carbocycles. The number of hydrogen-bond acceptors (Lipinski definition) is 5. The van der Waals surface area contributed by atoms with Crippen LogP contribution in [-0.2, 0) is 19.1 Å². The molecule has 0 radical (unpaired) electrons. The van der Waals surface area contributed by atoms with E-state index >= 15 is 0 Å². The summed E-state index contributed by atoms with van der Waals surface area (Å²) in [6, 6.07) is -0.628. The van der Waals surface area contributed by atoms with Gasteiger partial charge in [-0.1, -0.05) is 6.92 Å². The molecule has 1 rings (SSSR count). The molecule has 1 aliphatic heterocycles. The smallest absolute Gasteiger partial charge is 0.307 e. The molecule has 0 aromatic heterocycles. The molecule has 1 unspecified atom stereocenters. The van der Waals surface area contributed by atoms with E-state index < -0.39 is 12.0 Å². The third-order valence-electron chi connectivity index (χ3n) is 3.11. The number of nitrogens with one attached hydrogen (secondary N) is 1. The van der Waals surface area contributed by atoms with E-state index in [2.05, 4.69) is 5.32 Å². The van der Waals surface area contributed by atoms with Gasteiger partial charge in [-0.2, -0.15) is 0 Å². The van der Waals surface area contributed by atoms with Crippen molar-refractivity contribution in [2.45, 2.75) is 25.8 Å². The summed E-state index contributed by atoms with van der Waals surface area (Å²) in [6.45, 7) is 3.43. The van der Waals surface area contributed by atoms with Crippen molar-refractivity contribution >= 4 is 17.8 Å². The predicted octanol–water partition coefficient (Wildman–Crippen LogP) is -0.782. The molecule has 1 aliphatic rings. The lowest BCUT2D eigenvalue weighted by Gasteiger charge is -2.34. The van der Waals surface area contributed by atoms with E-state index in [-0.39, 0.29) is 24.8 Å². The lowest BCUT2D eigenvalue weighted by atomic mass is 10.1. The first-order valence-electron chi connectivity index (χ1n) is 6.83. The number of piperazine rings is 1. The Bertz CT molecular complexity index is 371. The Hall–Kier alpha value is -1.63. The van der Waals surface area contributed by atoms with Crippen LogP contribution in [0.4, 0.5) is 0 Å². The second-order valence-electron chi connectivity index (χ2n) is 4.99.